The van der Waals surface area contributed by atoms with E-state index in [-0.39, 0.29) is 17.5 Å². The van der Waals surface area contributed by atoms with Gasteiger partial charge in [0.2, 0.25) is 5.91 Å². The number of carbonyl (C=O) groups excluding carboxylic acids is 1. The Morgan fingerprint density at radius 2 is 2.11 bits per heavy atom. The summed E-state index contributed by atoms with van der Waals surface area (Å²) >= 11 is 8.15. The van der Waals surface area contributed by atoms with E-state index in [0.29, 0.717) is 29.4 Å². The monoisotopic (exact) mass is 552 g/mol. The van der Waals surface area contributed by atoms with Crippen LogP contribution in [0, 0.1) is 0 Å². The molecule has 0 spiro atoms. The van der Waals surface area contributed by atoms with Crippen molar-refractivity contribution >= 4 is 38.1 Å². The van der Waals surface area contributed by atoms with Gasteiger partial charge in [0.05, 0.1) is 17.3 Å². The van der Waals surface area contributed by atoms with Crippen LogP contribution in [0.25, 0.3) is 16.8 Å². The van der Waals surface area contributed by atoms with Crippen LogP contribution in [0.5, 0.6) is 0 Å². The zero-order valence-corrected chi connectivity index (χ0v) is 23.3. The lowest BCUT2D eigenvalue weighted by molar-refractivity contribution is -0.127. The summed E-state index contributed by atoms with van der Waals surface area (Å²) in [6.45, 7) is 8.39. The maximum absolute atomic E-state index is 15.6. The summed E-state index contributed by atoms with van der Waals surface area (Å²) in [6.07, 6.45) is 7.28. The van der Waals surface area contributed by atoms with Crippen LogP contribution in [-0.2, 0) is 23.2 Å². The molecule has 0 bridgehead atoms. The van der Waals surface area contributed by atoms with Gasteiger partial charge in [-0.3, -0.25) is 9.78 Å². The number of fused-ring (bicyclic) bond motifs is 1. The van der Waals surface area contributed by atoms with Gasteiger partial charge in [-0.2, -0.15) is 5.10 Å². The molecular weight excluding hydrogens is 526 g/mol. The van der Waals surface area contributed by atoms with Crippen molar-refractivity contribution in [2.75, 3.05) is 6.54 Å². The Labute approximate surface area is 227 Å². The average molecular weight is 553 g/mol. The van der Waals surface area contributed by atoms with Crippen molar-refractivity contribution in [3.8, 4) is 16.8 Å². The SMILES string of the molecule is C=CC(=O)N1Cc2sc(CC)cc2C(c2ccccc2-c2cn(-c3ccncc3Cl)nc2C(C)(F)P)C1. The summed E-state index contributed by atoms with van der Waals surface area (Å²) in [5, 5.41) is 3.26. The molecule has 190 valence electrons. The third-order valence-electron chi connectivity index (χ3n) is 6.64. The number of amides is 1. The molecule has 1 aromatic carbocycles. The van der Waals surface area contributed by atoms with Crippen LogP contribution in [0.4, 0.5) is 4.39 Å². The lowest BCUT2D eigenvalue weighted by Gasteiger charge is -2.33. The largest absolute Gasteiger partial charge is 0.333 e. The Morgan fingerprint density at radius 1 is 1.32 bits per heavy atom. The minimum atomic E-state index is -1.78. The first-order valence-corrected chi connectivity index (χ1v) is 13.8. The van der Waals surface area contributed by atoms with Gasteiger partial charge < -0.3 is 4.90 Å². The summed E-state index contributed by atoms with van der Waals surface area (Å²) in [4.78, 5) is 21.0. The van der Waals surface area contributed by atoms with Gasteiger partial charge in [-0.15, -0.1) is 11.3 Å². The molecule has 4 aromatic rings. The minimum Gasteiger partial charge on any atom is -0.333 e. The molecular formula is C28H27ClFN4OPS. The number of aryl methyl sites for hydroxylation is 1. The Morgan fingerprint density at radius 3 is 2.81 bits per heavy atom. The van der Waals surface area contributed by atoms with Gasteiger partial charge in [-0.25, -0.2) is 9.07 Å². The average Bonchev–Trinajstić information content (AvgIpc) is 3.52. The van der Waals surface area contributed by atoms with Crippen molar-refractivity contribution < 1.29 is 9.18 Å². The molecule has 1 aliphatic rings. The molecule has 0 saturated carbocycles. The molecule has 0 fully saturated rings. The Bertz CT molecular complexity index is 1490. The first-order chi connectivity index (χ1) is 17.7. The second-order valence-electron chi connectivity index (χ2n) is 9.25. The minimum absolute atomic E-state index is 0.0727. The number of halogens is 2. The molecule has 3 atom stereocenters. The van der Waals surface area contributed by atoms with Gasteiger partial charge in [-0.05, 0) is 48.2 Å². The molecule has 5 rings (SSSR count). The highest BCUT2D eigenvalue weighted by Gasteiger charge is 2.34. The quantitative estimate of drug-likeness (QED) is 0.193. The van der Waals surface area contributed by atoms with Crippen LogP contribution in [0.15, 0.2) is 67.6 Å². The predicted octanol–water partition coefficient (Wildman–Crippen LogP) is 6.89. The fourth-order valence-corrected chi connectivity index (χ4v) is 6.47. The highest BCUT2D eigenvalue weighted by Crippen LogP contribution is 2.45. The number of hydrogen-bond donors (Lipinski definition) is 0. The number of thiophene rings is 1. The summed E-state index contributed by atoms with van der Waals surface area (Å²) in [5.74, 6) is -0.168. The zero-order valence-electron chi connectivity index (χ0n) is 20.6. The van der Waals surface area contributed by atoms with Crippen molar-refractivity contribution in [3.05, 3.63) is 99.2 Å². The lowest BCUT2D eigenvalue weighted by atomic mass is 9.83. The summed E-state index contributed by atoms with van der Waals surface area (Å²) < 4.78 is 17.2. The number of nitrogens with zero attached hydrogens (tertiary/aromatic N) is 4. The molecule has 0 saturated heterocycles. The molecule has 1 aliphatic heterocycles. The Balaban J connectivity index is 1.70. The standard InChI is InChI=1S/C28H27ClFN4OPS/c1-4-17-12-20-21(14-33(26(35)5-2)16-25(20)37-17)18-8-6-7-9-19(18)22-15-34(32-27(22)28(3,30)36)24-10-11-31-13-23(24)29/h5-13,15,21H,2,4,14,16,36H2,1,3H3. The van der Waals surface area contributed by atoms with Gasteiger partial charge in [0, 0.05) is 46.4 Å². The van der Waals surface area contributed by atoms with Crippen LogP contribution < -0.4 is 0 Å². The van der Waals surface area contributed by atoms with E-state index >= 15 is 4.39 Å². The predicted molar refractivity (Wildman–Crippen MR) is 151 cm³/mol. The summed E-state index contributed by atoms with van der Waals surface area (Å²) in [6, 6.07) is 12.0. The number of rotatable bonds is 6. The molecule has 0 radical (unpaired) electrons. The van der Waals surface area contributed by atoms with Crippen molar-refractivity contribution in [1.29, 1.82) is 0 Å². The van der Waals surface area contributed by atoms with E-state index in [4.69, 9.17) is 11.6 Å². The van der Waals surface area contributed by atoms with Crippen LogP contribution in [-0.4, -0.2) is 32.1 Å². The Hall–Kier alpha value is -2.86. The molecule has 1 amide bonds. The van der Waals surface area contributed by atoms with Crippen LogP contribution in [0.1, 0.15) is 46.3 Å². The fourth-order valence-electron chi connectivity index (χ4n) is 4.87. The number of aromatic nitrogens is 3. The highest BCUT2D eigenvalue weighted by molar-refractivity contribution is 7.18. The van der Waals surface area contributed by atoms with E-state index < -0.39 is 5.41 Å². The Kier molecular flexibility index (Phi) is 7.06. The van der Waals surface area contributed by atoms with E-state index in [1.54, 1.807) is 28.3 Å². The van der Waals surface area contributed by atoms with Crippen molar-refractivity contribution in [2.24, 2.45) is 0 Å². The molecule has 5 nitrogen and oxygen atoms in total. The molecule has 9 heteroatoms. The first kappa shape index (κ1) is 25.8. The normalized spacial score (nSPS) is 16.8. The molecule has 0 aliphatic carbocycles. The second kappa shape index (κ2) is 10.1. The van der Waals surface area contributed by atoms with Crippen molar-refractivity contribution in [3.63, 3.8) is 0 Å². The smallest absolute Gasteiger partial charge is 0.246 e. The molecule has 0 N–H and O–H groups in total. The maximum atomic E-state index is 15.6. The fraction of sp³-hybridized carbons (Fsp3) is 0.250. The molecule has 3 unspecified atom stereocenters. The van der Waals surface area contributed by atoms with Gasteiger partial charge in [-0.1, -0.05) is 58.6 Å². The lowest BCUT2D eigenvalue weighted by Crippen LogP contribution is -2.37. The van der Waals surface area contributed by atoms with Crippen molar-refractivity contribution in [2.45, 2.75) is 38.1 Å². The topological polar surface area (TPSA) is 51.0 Å². The zero-order chi connectivity index (χ0) is 26.3. The third-order valence-corrected chi connectivity index (χ3v) is 8.49. The highest BCUT2D eigenvalue weighted by atomic mass is 35.5. The summed E-state index contributed by atoms with van der Waals surface area (Å²) in [5.41, 5.74) is 4.68. The number of carbonyl (C=O) groups is 1. The van der Waals surface area contributed by atoms with Crippen molar-refractivity contribution in [1.82, 2.24) is 19.7 Å². The molecule has 3 aromatic heterocycles. The number of benzene rings is 1. The second-order valence-corrected chi connectivity index (χ2v) is 12.0. The van der Waals surface area contributed by atoms with Gasteiger partial charge in [0.1, 0.15) is 5.69 Å². The first-order valence-electron chi connectivity index (χ1n) is 12.0. The third kappa shape index (κ3) is 4.88. The molecule has 4 heterocycles. The number of pyridine rings is 1. The van der Waals surface area contributed by atoms with E-state index in [1.807, 2.05) is 29.3 Å². The maximum Gasteiger partial charge on any atom is 0.246 e. The van der Waals surface area contributed by atoms with Crippen LogP contribution in [0.3, 0.4) is 0 Å². The van der Waals surface area contributed by atoms with Crippen LogP contribution in [0.2, 0.25) is 5.02 Å². The van der Waals surface area contributed by atoms with E-state index in [1.165, 1.54) is 34.5 Å². The van der Waals surface area contributed by atoms with E-state index in [2.05, 4.69) is 45.0 Å². The van der Waals surface area contributed by atoms with Gasteiger partial charge >= 0.3 is 0 Å². The van der Waals surface area contributed by atoms with Gasteiger partial charge in [0.25, 0.3) is 0 Å². The number of alkyl halides is 1. The molecule has 37 heavy (non-hydrogen) atoms. The van der Waals surface area contributed by atoms with E-state index in [0.717, 1.165) is 17.5 Å². The van der Waals surface area contributed by atoms with Crippen LogP contribution >= 0.6 is 32.2 Å². The van der Waals surface area contributed by atoms with E-state index in [9.17, 15) is 4.79 Å². The summed E-state index contributed by atoms with van der Waals surface area (Å²) in [7, 11) is 2.25. The number of hydrogen-bond acceptors (Lipinski definition) is 4. The van der Waals surface area contributed by atoms with Gasteiger partial charge in [0.15, 0.2) is 5.41 Å².